The van der Waals surface area contributed by atoms with Gasteiger partial charge in [0.25, 0.3) is 5.91 Å². The summed E-state index contributed by atoms with van der Waals surface area (Å²) < 4.78 is 1.60. The second-order valence-corrected chi connectivity index (χ2v) is 5.15. The minimum absolute atomic E-state index is 0.273. The van der Waals surface area contributed by atoms with E-state index in [-0.39, 0.29) is 18.1 Å². The lowest BCUT2D eigenvalue weighted by molar-refractivity contribution is -0.137. The summed E-state index contributed by atoms with van der Waals surface area (Å²) in [6.45, 7) is 1.85. The predicted octanol–water partition coefficient (Wildman–Crippen LogP) is 1.50. The standard InChI is InChI=1S/C16H19N3O3/c1-12-10-14(17-18(12)2)16(22)19(11-15(20)21)9-8-13-6-4-3-5-7-13/h3-7,10H,8-9,11H2,1-2H3,(H,20,21). The lowest BCUT2D eigenvalue weighted by Gasteiger charge is -2.19. The van der Waals surface area contributed by atoms with E-state index in [4.69, 9.17) is 5.11 Å². The van der Waals surface area contributed by atoms with Gasteiger partial charge in [0.15, 0.2) is 5.69 Å². The number of hydrogen-bond acceptors (Lipinski definition) is 3. The molecule has 0 saturated heterocycles. The highest BCUT2D eigenvalue weighted by Crippen LogP contribution is 2.08. The van der Waals surface area contributed by atoms with Crippen LogP contribution in [-0.4, -0.2) is 44.8 Å². The van der Waals surface area contributed by atoms with Crippen molar-refractivity contribution in [2.45, 2.75) is 13.3 Å². The highest BCUT2D eigenvalue weighted by molar-refractivity contribution is 5.94. The number of aliphatic carboxylic acids is 1. The van der Waals surface area contributed by atoms with Gasteiger partial charge in [0.05, 0.1) is 0 Å². The van der Waals surface area contributed by atoms with E-state index in [1.807, 2.05) is 37.3 Å². The Bertz CT molecular complexity index is 645. The van der Waals surface area contributed by atoms with E-state index in [9.17, 15) is 9.59 Å². The average molecular weight is 301 g/mol. The zero-order valence-corrected chi connectivity index (χ0v) is 12.7. The van der Waals surface area contributed by atoms with Crippen molar-refractivity contribution >= 4 is 11.9 Å². The minimum Gasteiger partial charge on any atom is -0.480 e. The van der Waals surface area contributed by atoms with Gasteiger partial charge in [-0.15, -0.1) is 0 Å². The van der Waals surface area contributed by atoms with Gasteiger partial charge < -0.3 is 10.0 Å². The van der Waals surface area contributed by atoms with Crippen LogP contribution in [0.2, 0.25) is 0 Å². The molecule has 1 heterocycles. The monoisotopic (exact) mass is 301 g/mol. The zero-order chi connectivity index (χ0) is 16.1. The molecule has 1 N–H and O–H groups in total. The molecule has 0 bridgehead atoms. The summed E-state index contributed by atoms with van der Waals surface area (Å²) in [6, 6.07) is 11.3. The number of hydrogen-bond donors (Lipinski definition) is 1. The first-order valence-electron chi connectivity index (χ1n) is 7.03. The van der Waals surface area contributed by atoms with E-state index in [2.05, 4.69) is 5.10 Å². The van der Waals surface area contributed by atoms with Crippen molar-refractivity contribution in [3.63, 3.8) is 0 Å². The molecule has 6 nitrogen and oxygen atoms in total. The predicted molar refractivity (Wildman–Crippen MR) is 81.6 cm³/mol. The Hall–Kier alpha value is -2.63. The molecule has 0 fully saturated rings. The SMILES string of the molecule is Cc1cc(C(=O)N(CCc2ccccc2)CC(=O)O)nn1C. The van der Waals surface area contributed by atoms with Gasteiger partial charge in [0.1, 0.15) is 6.54 Å². The minimum atomic E-state index is -1.03. The molecule has 116 valence electrons. The van der Waals surface area contributed by atoms with E-state index in [1.165, 1.54) is 4.90 Å². The first-order chi connectivity index (χ1) is 10.5. The summed E-state index contributed by atoms with van der Waals surface area (Å²) in [5.74, 6) is -1.39. The number of carboxylic acid groups (broad SMARTS) is 1. The van der Waals surface area contributed by atoms with Crippen molar-refractivity contribution in [3.05, 3.63) is 53.3 Å². The van der Waals surface area contributed by atoms with Crippen molar-refractivity contribution in [2.75, 3.05) is 13.1 Å². The molecule has 0 radical (unpaired) electrons. The highest BCUT2D eigenvalue weighted by Gasteiger charge is 2.21. The summed E-state index contributed by atoms with van der Waals surface area (Å²) in [6.07, 6.45) is 0.603. The Morgan fingerprint density at radius 2 is 1.95 bits per heavy atom. The molecule has 0 unspecified atom stereocenters. The van der Waals surface area contributed by atoms with E-state index in [0.29, 0.717) is 13.0 Å². The second kappa shape index (κ2) is 6.89. The number of rotatable bonds is 6. The molecule has 0 aliphatic rings. The summed E-state index contributed by atoms with van der Waals surface area (Å²) in [5.41, 5.74) is 2.18. The van der Waals surface area contributed by atoms with Crippen molar-refractivity contribution in [1.29, 1.82) is 0 Å². The average Bonchev–Trinajstić information content (AvgIpc) is 2.83. The molecule has 0 saturated carbocycles. The van der Waals surface area contributed by atoms with Crippen molar-refractivity contribution in [2.24, 2.45) is 7.05 Å². The van der Waals surface area contributed by atoms with Crippen LogP contribution in [-0.2, 0) is 18.3 Å². The normalized spacial score (nSPS) is 10.5. The maximum absolute atomic E-state index is 12.5. The molecule has 1 amide bonds. The lowest BCUT2D eigenvalue weighted by atomic mass is 10.1. The molecule has 2 aromatic rings. The Morgan fingerprint density at radius 1 is 1.27 bits per heavy atom. The Kier molecular flexibility index (Phi) is 4.93. The number of carboxylic acids is 1. The maximum Gasteiger partial charge on any atom is 0.323 e. The topological polar surface area (TPSA) is 75.4 Å². The van der Waals surface area contributed by atoms with Crippen molar-refractivity contribution in [3.8, 4) is 0 Å². The van der Waals surface area contributed by atoms with Gasteiger partial charge in [-0.3, -0.25) is 14.3 Å². The van der Waals surface area contributed by atoms with E-state index >= 15 is 0 Å². The van der Waals surface area contributed by atoms with E-state index in [1.54, 1.807) is 17.8 Å². The van der Waals surface area contributed by atoms with Crippen LogP contribution >= 0.6 is 0 Å². The molecule has 22 heavy (non-hydrogen) atoms. The third-order valence-corrected chi connectivity index (χ3v) is 3.46. The second-order valence-electron chi connectivity index (χ2n) is 5.15. The third kappa shape index (κ3) is 3.94. The maximum atomic E-state index is 12.5. The van der Waals surface area contributed by atoms with Gasteiger partial charge in [-0.25, -0.2) is 0 Å². The first-order valence-corrected chi connectivity index (χ1v) is 7.03. The molecular weight excluding hydrogens is 282 g/mol. The first kappa shape index (κ1) is 15.8. The molecule has 1 aromatic carbocycles. The van der Waals surface area contributed by atoms with E-state index < -0.39 is 5.97 Å². The van der Waals surface area contributed by atoms with Gasteiger partial charge >= 0.3 is 5.97 Å². The fourth-order valence-corrected chi connectivity index (χ4v) is 2.15. The number of aryl methyl sites for hydroxylation is 2. The summed E-state index contributed by atoms with van der Waals surface area (Å²) in [7, 11) is 1.75. The van der Waals surface area contributed by atoms with Crippen LogP contribution in [0.3, 0.4) is 0 Å². The molecule has 2 rings (SSSR count). The summed E-state index contributed by atoms with van der Waals surface area (Å²) in [5, 5.41) is 13.1. The van der Waals surface area contributed by atoms with E-state index in [0.717, 1.165) is 11.3 Å². The van der Waals surface area contributed by atoms with Crippen molar-refractivity contribution < 1.29 is 14.7 Å². The van der Waals surface area contributed by atoms with Gasteiger partial charge in [-0.2, -0.15) is 5.10 Å². The molecule has 0 atom stereocenters. The summed E-state index contributed by atoms with van der Waals surface area (Å²) in [4.78, 5) is 24.8. The molecule has 0 spiro atoms. The highest BCUT2D eigenvalue weighted by atomic mass is 16.4. The van der Waals surface area contributed by atoms with Crippen LogP contribution in [0, 0.1) is 6.92 Å². The third-order valence-electron chi connectivity index (χ3n) is 3.46. The quantitative estimate of drug-likeness (QED) is 0.877. The van der Waals surface area contributed by atoms with Gasteiger partial charge in [0, 0.05) is 19.3 Å². The van der Waals surface area contributed by atoms with Crippen LogP contribution in [0.4, 0.5) is 0 Å². The van der Waals surface area contributed by atoms with Crippen LogP contribution in [0.5, 0.6) is 0 Å². The number of carbonyl (C=O) groups excluding carboxylic acids is 1. The Balaban J connectivity index is 2.11. The van der Waals surface area contributed by atoms with Crippen LogP contribution in [0.15, 0.2) is 36.4 Å². The zero-order valence-electron chi connectivity index (χ0n) is 12.7. The van der Waals surface area contributed by atoms with Gasteiger partial charge in [-0.1, -0.05) is 30.3 Å². The summed E-state index contributed by atoms with van der Waals surface area (Å²) >= 11 is 0. The van der Waals surface area contributed by atoms with Crippen LogP contribution in [0.1, 0.15) is 21.7 Å². The van der Waals surface area contributed by atoms with Gasteiger partial charge in [0.2, 0.25) is 0 Å². The number of aromatic nitrogens is 2. The molecule has 6 heteroatoms. The van der Waals surface area contributed by atoms with Crippen LogP contribution < -0.4 is 0 Å². The molecule has 1 aromatic heterocycles. The fourth-order valence-electron chi connectivity index (χ4n) is 2.15. The Labute approximate surface area is 129 Å². The molecule has 0 aliphatic carbocycles. The largest absolute Gasteiger partial charge is 0.480 e. The molecular formula is C16H19N3O3. The van der Waals surface area contributed by atoms with Crippen molar-refractivity contribution in [1.82, 2.24) is 14.7 Å². The lowest BCUT2D eigenvalue weighted by Crippen LogP contribution is -2.37. The smallest absolute Gasteiger partial charge is 0.323 e. The number of amides is 1. The Morgan fingerprint density at radius 3 is 2.50 bits per heavy atom. The number of carbonyl (C=O) groups is 2. The number of benzene rings is 1. The molecule has 0 aliphatic heterocycles. The van der Waals surface area contributed by atoms with Gasteiger partial charge in [-0.05, 0) is 25.0 Å². The fraction of sp³-hybridized carbons (Fsp3) is 0.312. The number of nitrogens with zero attached hydrogens (tertiary/aromatic N) is 3. The van der Waals surface area contributed by atoms with Crippen LogP contribution in [0.25, 0.3) is 0 Å².